The van der Waals surface area contributed by atoms with Gasteiger partial charge >= 0.3 is 0 Å². The molecule has 0 aliphatic carbocycles. The number of hydrogen-bond acceptors (Lipinski definition) is 3. The predicted molar refractivity (Wildman–Crippen MR) is 61.3 cm³/mol. The van der Waals surface area contributed by atoms with Gasteiger partial charge in [-0.25, -0.2) is 0 Å². The predicted octanol–water partition coefficient (Wildman–Crippen LogP) is 2.54. The van der Waals surface area contributed by atoms with Crippen molar-refractivity contribution in [3.63, 3.8) is 0 Å². The van der Waals surface area contributed by atoms with Crippen molar-refractivity contribution in [2.75, 3.05) is 12.3 Å². The Morgan fingerprint density at radius 1 is 1.53 bits per heavy atom. The minimum Gasteiger partial charge on any atom is -0.494 e. The van der Waals surface area contributed by atoms with Gasteiger partial charge in [0.1, 0.15) is 11.1 Å². The van der Waals surface area contributed by atoms with Crippen LogP contribution in [0.3, 0.4) is 0 Å². The number of rotatable bonds is 4. The normalized spacial score (nSPS) is 12.2. The average molecular weight is 228 g/mol. The minimum absolute atomic E-state index is 0.107. The quantitative estimate of drug-likeness (QED) is 0.635. The van der Waals surface area contributed by atoms with Gasteiger partial charge < -0.3 is 10.5 Å². The van der Waals surface area contributed by atoms with Crippen molar-refractivity contribution in [2.45, 2.75) is 19.2 Å². The van der Waals surface area contributed by atoms with E-state index in [0.29, 0.717) is 23.6 Å². The number of anilines is 1. The number of carbonyl (C=O) groups excluding carboxylic acids is 1. The Bertz CT molecular complexity index is 366. The molecular formula is C11H14ClNO2. The molecule has 3 nitrogen and oxygen atoms in total. The van der Waals surface area contributed by atoms with Crippen molar-refractivity contribution in [3.8, 4) is 5.75 Å². The molecule has 1 rings (SSSR count). The standard InChI is InChI=1S/C11H14ClNO2/c1-3-15-10-5-8(4-9(13)6-10)11(12)7(2)14/h4-6,11H,3,13H2,1-2H3. The fourth-order valence-corrected chi connectivity index (χ4v) is 1.40. The number of nitrogens with two attached hydrogens (primary N) is 1. The lowest BCUT2D eigenvalue weighted by atomic mass is 10.1. The van der Waals surface area contributed by atoms with Gasteiger partial charge in [-0.1, -0.05) is 0 Å². The number of nitrogen functional groups attached to an aromatic ring is 1. The lowest BCUT2D eigenvalue weighted by Gasteiger charge is -2.10. The lowest BCUT2D eigenvalue weighted by molar-refractivity contribution is -0.116. The van der Waals surface area contributed by atoms with Crippen molar-refractivity contribution in [1.82, 2.24) is 0 Å². The van der Waals surface area contributed by atoms with Crippen LogP contribution in [0.5, 0.6) is 5.75 Å². The van der Waals surface area contributed by atoms with Gasteiger partial charge in [0.2, 0.25) is 0 Å². The molecule has 4 heteroatoms. The average Bonchev–Trinajstić information content (AvgIpc) is 2.16. The molecule has 0 saturated heterocycles. The maximum atomic E-state index is 11.1. The van der Waals surface area contributed by atoms with Crippen molar-refractivity contribution in [3.05, 3.63) is 23.8 Å². The second-order valence-corrected chi connectivity index (χ2v) is 3.68. The Labute approximate surface area is 94.2 Å². The molecular weight excluding hydrogens is 214 g/mol. The van der Waals surface area contributed by atoms with E-state index >= 15 is 0 Å². The highest BCUT2D eigenvalue weighted by atomic mass is 35.5. The maximum absolute atomic E-state index is 11.1. The van der Waals surface area contributed by atoms with E-state index < -0.39 is 5.38 Å². The second-order valence-electron chi connectivity index (χ2n) is 3.24. The summed E-state index contributed by atoms with van der Waals surface area (Å²) in [6.07, 6.45) is 0. The number of alkyl halides is 1. The molecule has 0 amide bonds. The van der Waals surface area contributed by atoms with Gasteiger partial charge in [-0.2, -0.15) is 0 Å². The van der Waals surface area contributed by atoms with Crippen LogP contribution < -0.4 is 10.5 Å². The largest absolute Gasteiger partial charge is 0.494 e. The topological polar surface area (TPSA) is 52.3 Å². The van der Waals surface area contributed by atoms with E-state index in [1.807, 2.05) is 6.92 Å². The van der Waals surface area contributed by atoms with E-state index in [-0.39, 0.29) is 5.78 Å². The summed E-state index contributed by atoms with van der Waals surface area (Å²) in [5.41, 5.74) is 6.90. The monoisotopic (exact) mass is 227 g/mol. The SMILES string of the molecule is CCOc1cc(N)cc(C(Cl)C(C)=O)c1. The van der Waals surface area contributed by atoms with Crippen LogP contribution >= 0.6 is 11.6 Å². The maximum Gasteiger partial charge on any atom is 0.152 e. The molecule has 0 radical (unpaired) electrons. The summed E-state index contributed by atoms with van der Waals surface area (Å²) in [6, 6.07) is 5.12. The van der Waals surface area contributed by atoms with Gasteiger partial charge in [0.15, 0.2) is 5.78 Å². The molecule has 2 N–H and O–H groups in total. The molecule has 0 aliphatic rings. The fourth-order valence-electron chi connectivity index (χ4n) is 1.28. The van der Waals surface area contributed by atoms with E-state index in [1.54, 1.807) is 18.2 Å². The number of hydrogen-bond donors (Lipinski definition) is 1. The van der Waals surface area contributed by atoms with Crippen molar-refractivity contribution in [2.24, 2.45) is 0 Å². The highest BCUT2D eigenvalue weighted by molar-refractivity contribution is 6.30. The smallest absolute Gasteiger partial charge is 0.152 e. The zero-order chi connectivity index (χ0) is 11.4. The second kappa shape index (κ2) is 5.03. The first kappa shape index (κ1) is 11.9. The Morgan fingerprint density at radius 3 is 2.73 bits per heavy atom. The summed E-state index contributed by atoms with van der Waals surface area (Å²) in [7, 11) is 0. The molecule has 1 aromatic rings. The van der Waals surface area contributed by atoms with Crippen LogP contribution in [0.1, 0.15) is 24.8 Å². The van der Waals surface area contributed by atoms with Gasteiger partial charge in [0.25, 0.3) is 0 Å². The van der Waals surface area contributed by atoms with E-state index in [1.165, 1.54) is 6.92 Å². The van der Waals surface area contributed by atoms with Crippen LogP contribution in [0.15, 0.2) is 18.2 Å². The van der Waals surface area contributed by atoms with Gasteiger partial charge in [-0.05, 0) is 31.5 Å². The first-order valence-electron chi connectivity index (χ1n) is 4.72. The van der Waals surface area contributed by atoms with E-state index in [2.05, 4.69) is 0 Å². The molecule has 1 atom stereocenters. The zero-order valence-corrected chi connectivity index (χ0v) is 9.54. The Kier molecular flexibility index (Phi) is 3.97. The fraction of sp³-hybridized carbons (Fsp3) is 0.364. The van der Waals surface area contributed by atoms with Crippen LogP contribution in [-0.2, 0) is 4.79 Å². The minimum atomic E-state index is -0.660. The molecule has 0 saturated carbocycles. The molecule has 82 valence electrons. The molecule has 0 spiro atoms. The molecule has 1 unspecified atom stereocenters. The van der Waals surface area contributed by atoms with E-state index in [4.69, 9.17) is 22.1 Å². The number of carbonyl (C=O) groups is 1. The summed E-state index contributed by atoms with van der Waals surface area (Å²) in [5.74, 6) is 0.532. The number of benzene rings is 1. The number of halogens is 1. The van der Waals surface area contributed by atoms with Gasteiger partial charge in [0.05, 0.1) is 6.61 Å². The molecule has 0 heterocycles. The first-order chi connectivity index (χ1) is 7.04. The molecule has 0 bridgehead atoms. The van der Waals surface area contributed by atoms with E-state index in [0.717, 1.165) is 0 Å². The summed E-state index contributed by atoms with van der Waals surface area (Å²) >= 11 is 5.92. The van der Waals surface area contributed by atoms with Crippen LogP contribution in [-0.4, -0.2) is 12.4 Å². The molecule has 0 aliphatic heterocycles. The van der Waals surface area contributed by atoms with Crippen LogP contribution in [0.25, 0.3) is 0 Å². The molecule has 0 fully saturated rings. The van der Waals surface area contributed by atoms with Crippen LogP contribution in [0.2, 0.25) is 0 Å². The van der Waals surface area contributed by atoms with Crippen molar-refractivity contribution in [1.29, 1.82) is 0 Å². The lowest BCUT2D eigenvalue weighted by Crippen LogP contribution is -2.03. The van der Waals surface area contributed by atoms with Crippen LogP contribution in [0.4, 0.5) is 5.69 Å². The Hall–Kier alpha value is -1.22. The summed E-state index contributed by atoms with van der Waals surface area (Å²) < 4.78 is 5.31. The van der Waals surface area contributed by atoms with Crippen LogP contribution in [0, 0.1) is 0 Å². The Morgan fingerprint density at radius 2 is 2.20 bits per heavy atom. The molecule has 15 heavy (non-hydrogen) atoms. The molecule has 0 aromatic heterocycles. The number of ether oxygens (including phenoxy) is 1. The third kappa shape index (κ3) is 3.13. The zero-order valence-electron chi connectivity index (χ0n) is 8.79. The third-order valence-corrected chi connectivity index (χ3v) is 2.47. The highest BCUT2D eigenvalue weighted by Gasteiger charge is 2.14. The first-order valence-corrected chi connectivity index (χ1v) is 5.16. The van der Waals surface area contributed by atoms with Crippen molar-refractivity contribution < 1.29 is 9.53 Å². The number of Topliss-reactive ketones (excluding diaryl/α,β-unsaturated/α-hetero) is 1. The third-order valence-electron chi connectivity index (χ3n) is 1.91. The van der Waals surface area contributed by atoms with E-state index in [9.17, 15) is 4.79 Å². The number of ketones is 1. The Balaban J connectivity index is 3.02. The summed E-state index contributed by atoms with van der Waals surface area (Å²) in [4.78, 5) is 11.1. The van der Waals surface area contributed by atoms with Gasteiger partial charge in [0, 0.05) is 11.8 Å². The highest BCUT2D eigenvalue weighted by Crippen LogP contribution is 2.27. The van der Waals surface area contributed by atoms with Gasteiger partial charge in [-0.15, -0.1) is 11.6 Å². The molecule has 1 aromatic carbocycles. The summed E-state index contributed by atoms with van der Waals surface area (Å²) in [6.45, 7) is 3.88. The van der Waals surface area contributed by atoms with Gasteiger partial charge in [-0.3, -0.25) is 4.79 Å². The van der Waals surface area contributed by atoms with Crippen molar-refractivity contribution >= 4 is 23.1 Å². The summed E-state index contributed by atoms with van der Waals surface area (Å²) in [5, 5.41) is -0.660.